The van der Waals surface area contributed by atoms with Crippen molar-refractivity contribution in [3.8, 4) is 0 Å². The highest BCUT2D eigenvalue weighted by Crippen LogP contribution is 2.33. The van der Waals surface area contributed by atoms with Crippen molar-refractivity contribution in [2.45, 2.75) is 103 Å². The predicted molar refractivity (Wildman–Crippen MR) is 128 cm³/mol. The van der Waals surface area contributed by atoms with Crippen LogP contribution in [0, 0.1) is 0 Å². The van der Waals surface area contributed by atoms with Crippen LogP contribution in [0.1, 0.15) is 48.0 Å². The summed E-state index contributed by atoms with van der Waals surface area (Å²) in [4.78, 5) is 0. The largest absolute Gasteiger partial charge is 0.379 e. The van der Waals surface area contributed by atoms with Gasteiger partial charge in [-0.05, 0) is 41.5 Å². The van der Waals surface area contributed by atoms with E-state index in [2.05, 4.69) is 0 Å². The van der Waals surface area contributed by atoms with Crippen LogP contribution in [0.4, 0.5) is 0 Å². The molecule has 2 saturated heterocycles. The lowest BCUT2D eigenvalue weighted by Gasteiger charge is -2.48. The first kappa shape index (κ1) is 30.8. The maximum atomic E-state index is 6.64. The van der Waals surface area contributed by atoms with Crippen LogP contribution in [0.3, 0.4) is 0 Å². The second kappa shape index (κ2) is 17.2. The molecule has 2 rings (SSSR count). The van der Waals surface area contributed by atoms with Gasteiger partial charge in [0.2, 0.25) is 0 Å². The summed E-state index contributed by atoms with van der Waals surface area (Å²) in [6.07, 6.45) is -3.33. The first-order valence-electron chi connectivity index (χ1n) is 13.2. The SMILES string of the molecule is CCOCC1OC(OC2C(COCC)OC(OCC)C(OC)C2OCC)C(OCC)CC1OCC. The van der Waals surface area contributed by atoms with Gasteiger partial charge < -0.3 is 47.4 Å². The molecule has 0 bridgehead atoms. The summed E-state index contributed by atoms with van der Waals surface area (Å²) in [5.74, 6) is 0. The van der Waals surface area contributed by atoms with Crippen molar-refractivity contribution in [2.24, 2.45) is 0 Å². The fourth-order valence-corrected chi connectivity index (χ4v) is 4.58. The molecule has 0 spiro atoms. The Bertz CT molecular complexity index is 538. The highest BCUT2D eigenvalue weighted by Gasteiger charge is 2.51. The van der Waals surface area contributed by atoms with Crippen molar-refractivity contribution in [1.82, 2.24) is 0 Å². The topological polar surface area (TPSA) is 92.3 Å². The lowest BCUT2D eigenvalue weighted by atomic mass is 9.97. The van der Waals surface area contributed by atoms with E-state index in [4.69, 9.17) is 47.4 Å². The van der Waals surface area contributed by atoms with Gasteiger partial charge in [-0.1, -0.05) is 0 Å². The van der Waals surface area contributed by atoms with Gasteiger partial charge in [-0.2, -0.15) is 0 Å². The molecule has 0 aliphatic carbocycles. The molecule has 2 aliphatic rings. The lowest BCUT2D eigenvalue weighted by molar-refractivity contribution is -0.359. The molecule has 0 saturated carbocycles. The van der Waals surface area contributed by atoms with Gasteiger partial charge in [-0.15, -0.1) is 0 Å². The Morgan fingerprint density at radius 3 is 1.71 bits per heavy atom. The van der Waals surface area contributed by atoms with Gasteiger partial charge in [0.1, 0.15) is 36.6 Å². The minimum absolute atomic E-state index is 0.151. The molecule has 2 heterocycles. The molecule has 10 nitrogen and oxygen atoms in total. The standard InChI is InChI=1S/C25H48O10/c1-8-27-15-19-17(29-10-3)14-18(30-11-4)24(33-19)35-21-20(16-28-9-2)34-25(32-13-6)23(26-7)22(21)31-12-5/h17-25H,8-16H2,1-7H3. The summed E-state index contributed by atoms with van der Waals surface area (Å²) in [5.41, 5.74) is 0. The molecule has 0 amide bonds. The molecule has 9 unspecified atom stereocenters. The molecule has 0 N–H and O–H groups in total. The Balaban J connectivity index is 2.31. The fourth-order valence-electron chi connectivity index (χ4n) is 4.58. The molecule has 2 fully saturated rings. The van der Waals surface area contributed by atoms with Gasteiger partial charge in [0.15, 0.2) is 12.6 Å². The highest BCUT2D eigenvalue weighted by molar-refractivity contribution is 4.94. The van der Waals surface area contributed by atoms with Crippen molar-refractivity contribution < 1.29 is 47.4 Å². The molecule has 9 atom stereocenters. The van der Waals surface area contributed by atoms with Crippen molar-refractivity contribution in [3.63, 3.8) is 0 Å². The molecule has 0 aromatic carbocycles. The molecule has 2 aliphatic heterocycles. The monoisotopic (exact) mass is 508 g/mol. The minimum Gasteiger partial charge on any atom is -0.379 e. The molecular weight excluding hydrogens is 460 g/mol. The van der Waals surface area contributed by atoms with Gasteiger partial charge >= 0.3 is 0 Å². The maximum absolute atomic E-state index is 6.64. The summed E-state index contributed by atoms with van der Waals surface area (Å²) in [7, 11) is 1.62. The zero-order chi connectivity index (χ0) is 25.6. The van der Waals surface area contributed by atoms with Crippen LogP contribution in [0.2, 0.25) is 0 Å². The fraction of sp³-hybridized carbons (Fsp3) is 1.00. The van der Waals surface area contributed by atoms with Crippen LogP contribution in [0.15, 0.2) is 0 Å². The van der Waals surface area contributed by atoms with E-state index in [-0.39, 0.29) is 18.3 Å². The maximum Gasteiger partial charge on any atom is 0.186 e. The molecular formula is C25H48O10. The van der Waals surface area contributed by atoms with E-state index in [0.29, 0.717) is 59.3 Å². The number of hydrogen-bond donors (Lipinski definition) is 0. The van der Waals surface area contributed by atoms with E-state index in [1.807, 2.05) is 41.5 Å². The Labute approximate surface area is 211 Å². The molecule has 0 aromatic rings. The van der Waals surface area contributed by atoms with Crippen LogP contribution in [0.25, 0.3) is 0 Å². The third kappa shape index (κ3) is 8.84. The smallest absolute Gasteiger partial charge is 0.186 e. The second-order valence-electron chi connectivity index (χ2n) is 8.30. The van der Waals surface area contributed by atoms with E-state index >= 15 is 0 Å². The molecule has 0 aromatic heterocycles. The van der Waals surface area contributed by atoms with Crippen LogP contribution in [-0.2, 0) is 47.4 Å². The van der Waals surface area contributed by atoms with Crippen molar-refractivity contribution in [2.75, 3.05) is 60.0 Å². The van der Waals surface area contributed by atoms with Gasteiger partial charge in [-0.3, -0.25) is 0 Å². The van der Waals surface area contributed by atoms with Gasteiger partial charge in [0.25, 0.3) is 0 Å². The number of hydrogen-bond acceptors (Lipinski definition) is 10. The summed E-state index contributed by atoms with van der Waals surface area (Å²) >= 11 is 0. The highest BCUT2D eigenvalue weighted by atomic mass is 16.8. The zero-order valence-corrected chi connectivity index (χ0v) is 22.6. The van der Waals surface area contributed by atoms with Crippen molar-refractivity contribution in [1.29, 1.82) is 0 Å². The average molecular weight is 509 g/mol. The summed E-state index contributed by atoms with van der Waals surface area (Å²) in [5, 5.41) is 0. The van der Waals surface area contributed by atoms with E-state index in [0.717, 1.165) is 0 Å². The Morgan fingerprint density at radius 1 is 0.571 bits per heavy atom. The number of methoxy groups -OCH3 is 1. The quantitative estimate of drug-likeness (QED) is 0.292. The number of rotatable bonds is 17. The van der Waals surface area contributed by atoms with Gasteiger partial charge in [0, 0.05) is 53.2 Å². The van der Waals surface area contributed by atoms with Crippen LogP contribution in [0.5, 0.6) is 0 Å². The van der Waals surface area contributed by atoms with Crippen LogP contribution >= 0.6 is 0 Å². The second-order valence-corrected chi connectivity index (χ2v) is 8.30. The molecule has 208 valence electrons. The van der Waals surface area contributed by atoms with Crippen molar-refractivity contribution in [3.05, 3.63) is 0 Å². The molecule has 35 heavy (non-hydrogen) atoms. The van der Waals surface area contributed by atoms with Crippen LogP contribution in [-0.4, -0.2) is 115 Å². The Hall–Kier alpha value is -0.400. The summed E-state index contributed by atoms with van der Waals surface area (Å²) in [6.45, 7) is 15.6. The van der Waals surface area contributed by atoms with Gasteiger partial charge in [-0.25, -0.2) is 0 Å². The average Bonchev–Trinajstić information content (AvgIpc) is 2.85. The van der Waals surface area contributed by atoms with E-state index in [1.54, 1.807) is 7.11 Å². The first-order chi connectivity index (χ1) is 17.1. The van der Waals surface area contributed by atoms with E-state index in [9.17, 15) is 0 Å². The minimum atomic E-state index is -0.668. The Kier molecular flexibility index (Phi) is 15.1. The lowest BCUT2D eigenvalue weighted by Crippen LogP contribution is -2.64. The molecule has 0 radical (unpaired) electrons. The summed E-state index contributed by atoms with van der Waals surface area (Å²) < 4.78 is 60.6. The van der Waals surface area contributed by atoms with Gasteiger partial charge in [0.05, 0.1) is 19.3 Å². The first-order valence-corrected chi connectivity index (χ1v) is 13.2. The zero-order valence-electron chi connectivity index (χ0n) is 22.6. The van der Waals surface area contributed by atoms with E-state index in [1.165, 1.54) is 0 Å². The normalized spacial score (nSPS) is 35.9. The third-order valence-electron chi connectivity index (χ3n) is 6.07. The number of ether oxygens (including phenoxy) is 10. The molecule has 10 heteroatoms. The van der Waals surface area contributed by atoms with E-state index < -0.39 is 37.0 Å². The third-order valence-corrected chi connectivity index (χ3v) is 6.07. The van der Waals surface area contributed by atoms with Crippen molar-refractivity contribution >= 4 is 0 Å². The Morgan fingerprint density at radius 2 is 1.14 bits per heavy atom. The van der Waals surface area contributed by atoms with Crippen LogP contribution < -0.4 is 0 Å². The predicted octanol–water partition coefficient (Wildman–Crippen LogP) is 2.55. The summed E-state index contributed by atoms with van der Waals surface area (Å²) in [6, 6.07) is 0.